The third kappa shape index (κ3) is 5.27. The zero-order chi connectivity index (χ0) is 16.5. The Kier molecular flexibility index (Phi) is 7.22. The zero-order valence-electron chi connectivity index (χ0n) is 13.5. The van der Waals surface area contributed by atoms with Gasteiger partial charge in [0.05, 0.1) is 19.3 Å². The molecule has 0 fully saturated rings. The smallest absolute Gasteiger partial charge is 0.338 e. The highest BCUT2D eigenvalue weighted by Crippen LogP contribution is 2.28. The van der Waals surface area contributed by atoms with Gasteiger partial charge in [-0.05, 0) is 38.5 Å². The third-order valence-corrected chi connectivity index (χ3v) is 3.05. The summed E-state index contributed by atoms with van der Waals surface area (Å²) in [6.07, 6.45) is 0.815. The molecule has 0 aliphatic rings. The number of amides is 1. The monoisotopic (exact) mass is 309 g/mol. The molecule has 1 N–H and O–H groups in total. The minimum absolute atomic E-state index is 0.0526. The predicted octanol–water partition coefficient (Wildman–Crippen LogP) is 2.17. The van der Waals surface area contributed by atoms with Crippen molar-refractivity contribution >= 4 is 11.9 Å². The van der Waals surface area contributed by atoms with E-state index in [-0.39, 0.29) is 18.6 Å². The lowest BCUT2D eigenvalue weighted by molar-refractivity contribution is -0.124. The van der Waals surface area contributed by atoms with Crippen molar-refractivity contribution in [2.75, 3.05) is 20.3 Å². The Morgan fingerprint density at radius 1 is 1.23 bits per heavy atom. The first-order valence-electron chi connectivity index (χ1n) is 7.29. The van der Waals surface area contributed by atoms with Crippen molar-refractivity contribution in [1.82, 2.24) is 5.32 Å². The van der Waals surface area contributed by atoms with E-state index in [0.29, 0.717) is 23.7 Å². The molecule has 0 aromatic heterocycles. The first-order valence-corrected chi connectivity index (χ1v) is 7.29. The molecule has 1 aromatic carbocycles. The average molecular weight is 309 g/mol. The Labute approximate surface area is 130 Å². The van der Waals surface area contributed by atoms with Crippen LogP contribution in [0.3, 0.4) is 0 Å². The number of carbonyl (C=O) groups is 2. The predicted molar refractivity (Wildman–Crippen MR) is 82.3 cm³/mol. The van der Waals surface area contributed by atoms with Gasteiger partial charge in [-0.3, -0.25) is 4.79 Å². The molecule has 0 aliphatic heterocycles. The van der Waals surface area contributed by atoms with Crippen LogP contribution < -0.4 is 14.8 Å². The molecule has 1 rings (SSSR count). The van der Waals surface area contributed by atoms with E-state index in [1.807, 2.05) is 20.8 Å². The van der Waals surface area contributed by atoms with E-state index in [1.54, 1.807) is 12.1 Å². The van der Waals surface area contributed by atoms with Crippen LogP contribution in [-0.4, -0.2) is 38.2 Å². The molecule has 0 saturated carbocycles. The molecular weight excluding hydrogens is 286 g/mol. The zero-order valence-corrected chi connectivity index (χ0v) is 13.5. The minimum Gasteiger partial charge on any atom is -0.493 e. The summed E-state index contributed by atoms with van der Waals surface area (Å²) in [7, 11) is 1.49. The second-order valence-electron chi connectivity index (χ2n) is 4.75. The number of methoxy groups -OCH3 is 1. The fourth-order valence-corrected chi connectivity index (χ4v) is 1.70. The Bertz CT molecular complexity index is 515. The van der Waals surface area contributed by atoms with Crippen molar-refractivity contribution in [3.05, 3.63) is 23.8 Å². The topological polar surface area (TPSA) is 73.9 Å². The van der Waals surface area contributed by atoms with Crippen LogP contribution in [0.15, 0.2) is 18.2 Å². The standard InChI is InChI=1S/C16H23NO5/c1-5-11(3)17-15(18)10-22-16(19)12-7-8-13(21-6-2)14(9-12)20-4/h7-9,11H,5-6,10H2,1-4H3,(H,17,18)/t11-/m0/s1. The Morgan fingerprint density at radius 2 is 1.95 bits per heavy atom. The van der Waals surface area contributed by atoms with E-state index >= 15 is 0 Å². The number of ether oxygens (including phenoxy) is 3. The Morgan fingerprint density at radius 3 is 2.55 bits per heavy atom. The van der Waals surface area contributed by atoms with Crippen LogP contribution in [0.2, 0.25) is 0 Å². The third-order valence-electron chi connectivity index (χ3n) is 3.05. The highest BCUT2D eigenvalue weighted by molar-refractivity contribution is 5.92. The molecular formula is C16H23NO5. The van der Waals surface area contributed by atoms with E-state index in [2.05, 4.69) is 5.32 Å². The van der Waals surface area contributed by atoms with Gasteiger partial charge in [0.15, 0.2) is 18.1 Å². The van der Waals surface area contributed by atoms with Crippen LogP contribution >= 0.6 is 0 Å². The van der Waals surface area contributed by atoms with Gasteiger partial charge in [0.25, 0.3) is 5.91 Å². The van der Waals surface area contributed by atoms with Gasteiger partial charge < -0.3 is 19.5 Å². The number of nitrogens with one attached hydrogen (secondary N) is 1. The molecule has 0 saturated heterocycles. The Hall–Kier alpha value is -2.24. The maximum atomic E-state index is 11.9. The van der Waals surface area contributed by atoms with Crippen molar-refractivity contribution in [3.8, 4) is 11.5 Å². The highest BCUT2D eigenvalue weighted by Gasteiger charge is 2.14. The van der Waals surface area contributed by atoms with Gasteiger partial charge in [0.2, 0.25) is 0 Å². The van der Waals surface area contributed by atoms with Crippen LogP contribution in [-0.2, 0) is 9.53 Å². The van der Waals surface area contributed by atoms with Crippen molar-refractivity contribution in [3.63, 3.8) is 0 Å². The Balaban J connectivity index is 2.64. The molecule has 0 unspecified atom stereocenters. The lowest BCUT2D eigenvalue weighted by Crippen LogP contribution is -2.35. The fraction of sp³-hybridized carbons (Fsp3) is 0.500. The summed E-state index contributed by atoms with van der Waals surface area (Å²) in [5, 5.41) is 2.72. The quantitative estimate of drug-likeness (QED) is 0.745. The number of hydrogen-bond acceptors (Lipinski definition) is 5. The van der Waals surface area contributed by atoms with E-state index < -0.39 is 5.97 Å². The normalized spacial score (nSPS) is 11.5. The largest absolute Gasteiger partial charge is 0.493 e. The highest BCUT2D eigenvalue weighted by atomic mass is 16.5. The first kappa shape index (κ1) is 17.8. The molecule has 22 heavy (non-hydrogen) atoms. The van der Waals surface area contributed by atoms with Gasteiger partial charge in [0.1, 0.15) is 0 Å². The summed E-state index contributed by atoms with van der Waals surface area (Å²) in [6.45, 7) is 5.90. The summed E-state index contributed by atoms with van der Waals surface area (Å²) in [5.74, 6) is 0.0951. The van der Waals surface area contributed by atoms with Gasteiger partial charge >= 0.3 is 5.97 Å². The van der Waals surface area contributed by atoms with Gasteiger partial charge in [0, 0.05) is 6.04 Å². The summed E-state index contributed by atoms with van der Waals surface area (Å²) in [6, 6.07) is 4.79. The number of carbonyl (C=O) groups excluding carboxylic acids is 2. The van der Waals surface area contributed by atoms with Gasteiger partial charge in [-0.2, -0.15) is 0 Å². The summed E-state index contributed by atoms with van der Waals surface area (Å²) < 4.78 is 15.5. The van der Waals surface area contributed by atoms with Crippen molar-refractivity contribution in [2.24, 2.45) is 0 Å². The fourth-order valence-electron chi connectivity index (χ4n) is 1.70. The number of esters is 1. The van der Waals surface area contributed by atoms with E-state index in [0.717, 1.165) is 6.42 Å². The van der Waals surface area contributed by atoms with Gasteiger partial charge in [-0.25, -0.2) is 4.79 Å². The number of hydrogen-bond donors (Lipinski definition) is 1. The second-order valence-corrected chi connectivity index (χ2v) is 4.75. The molecule has 0 bridgehead atoms. The van der Waals surface area contributed by atoms with E-state index in [4.69, 9.17) is 14.2 Å². The molecule has 1 atom stereocenters. The molecule has 6 nitrogen and oxygen atoms in total. The van der Waals surface area contributed by atoms with E-state index in [9.17, 15) is 9.59 Å². The molecule has 0 aliphatic carbocycles. The number of rotatable bonds is 8. The van der Waals surface area contributed by atoms with Crippen LogP contribution in [0.1, 0.15) is 37.6 Å². The summed E-state index contributed by atoms with van der Waals surface area (Å²) in [4.78, 5) is 23.5. The summed E-state index contributed by atoms with van der Waals surface area (Å²) in [5.41, 5.74) is 0.302. The van der Waals surface area contributed by atoms with Crippen molar-refractivity contribution in [2.45, 2.75) is 33.2 Å². The van der Waals surface area contributed by atoms with Crippen molar-refractivity contribution in [1.29, 1.82) is 0 Å². The molecule has 1 aromatic rings. The van der Waals surface area contributed by atoms with E-state index in [1.165, 1.54) is 13.2 Å². The SMILES string of the molecule is CCOc1ccc(C(=O)OCC(=O)N[C@@H](C)CC)cc1OC. The molecule has 1 amide bonds. The van der Waals surface area contributed by atoms with Crippen LogP contribution in [0.25, 0.3) is 0 Å². The van der Waals surface area contributed by atoms with Crippen molar-refractivity contribution < 1.29 is 23.8 Å². The van der Waals surface area contributed by atoms with Crippen LogP contribution in [0.5, 0.6) is 11.5 Å². The maximum absolute atomic E-state index is 11.9. The molecule has 122 valence electrons. The summed E-state index contributed by atoms with van der Waals surface area (Å²) >= 11 is 0. The van der Waals surface area contributed by atoms with Crippen LogP contribution in [0, 0.1) is 0 Å². The molecule has 0 radical (unpaired) electrons. The average Bonchev–Trinajstić information content (AvgIpc) is 2.53. The lowest BCUT2D eigenvalue weighted by Gasteiger charge is -2.12. The number of benzene rings is 1. The van der Waals surface area contributed by atoms with Gasteiger partial charge in [-0.1, -0.05) is 6.92 Å². The first-order chi connectivity index (χ1) is 10.5. The van der Waals surface area contributed by atoms with Crippen LogP contribution in [0.4, 0.5) is 0 Å². The maximum Gasteiger partial charge on any atom is 0.338 e. The second kappa shape index (κ2) is 8.92. The lowest BCUT2D eigenvalue weighted by atomic mass is 10.2. The molecule has 6 heteroatoms. The molecule has 0 heterocycles. The minimum atomic E-state index is -0.583. The molecule has 0 spiro atoms. The van der Waals surface area contributed by atoms with Gasteiger partial charge in [-0.15, -0.1) is 0 Å².